The Balaban J connectivity index is 0.000000248. The first-order valence-electron chi connectivity index (χ1n) is 15.5. The smallest absolute Gasteiger partial charge is 0.222 e. The molecule has 0 radical (unpaired) electrons. The molecule has 0 saturated heterocycles. The molecule has 6 rings (SSSR count). The van der Waals surface area contributed by atoms with Gasteiger partial charge in [0.15, 0.2) is 5.82 Å². The van der Waals surface area contributed by atoms with E-state index in [-0.39, 0.29) is 5.91 Å². The van der Waals surface area contributed by atoms with Crippen LogP contribution in [0.4, 0.5) is 5.82 Å². The van der Waals surface area contributed by atoms with Crippen molar-refractivity contribution < 1.29 is 14.7 Å². The quantitative estimate of drug-likeness (QED) is 0.292. The monoisotopic (exact) mass is 585 g/mol. The maximum atomic E-state index is 11.4. The van der Waals surface area contributed by atoms with E-state index in [9.17, 15) is 14.7 Å². The molecule has 0 spiro atoms. The summed E-state index contributed by atoms with van der Waals surface area (Å²) < 4.78 is 0. The van der Waals surface area contributed by atoms with Gasteiger partial charge in [0.2, 0.25) is 12.3 Å². The molecule has 1 heterocycles. The molecule has 4 N–H and O–H groups in total. The van der Waals surface area contributed by atoms with Crippen molar-refractivity contribution in [1.82, 2.24) is 15.1 Å². The Morgan fingerprint density at radius 2 is 1.58 bits per heavy atom. The lowest BCUT2D eigenvalue weighted by atomic mass is 9.63. The van der Waals surface area contributed by atoms with Gasteiger partial charge in [0.25, 0.3) is 0 Å². The minimum atomic E-state index is -0.696. The molecule has 1 aromatic heterocycles. The SMILES string of the molecule is CC(=O)Nc1cc(-c2ccccc2)c(-c2ccc(C3(N)CC(C)(O)C3)cc2)nn1.CC1CC1.CN(C=O)C1CCCCC1. The summed E-state index contributed by atoms with van der Waals surface area (Å²) in [4.78, 5) is 23.6. The molecule has 2 amide bonds. The van der Waals surface area contributed by atoms with E-state index in [0.717, 1.165) is 40.3 Å². The van der Waals surface area contributed by atoms with Gasteiger partial charge in [-0.15, -0.1) is 10.2 Å². The molecular weight excluding hydrogens is 538 g/mol. The molecule has 0 bridgehead atoms. The van der Waals surface area contributed by atoms with E-state index >= 15 is 0 Å². The van der Waals surface area contributed by atoms with Crippen LogP contribution in [0.1, 0.15) is 84.1 Å². The zero-order chi connectivity index (χ0) is 31.0. The van der Waals surface area contributed by atoms with Crippen LogP contribution in [0.2, 0.25) is 0 Å². The second kappa shape index (κ2) is 14.2. The summed E-state index contributed by atoms with van der Waals surface area (Å²) in [5.74, 6) is 1.30. The molecule has 230 valence electrons. The van der Waals surface area contributed by atoms with E-state index in [1.165, 1.54) is 51.9 Å². The first kappa shape index (κ1) is 32.3. The van der Waals surface area contributed by atoms with Crippen molar-refractivity contribution in [2.24, 2.45) is 11.7 Å². The van der Waals surface area contributed by atoms with Crippen LogP contribution in [0.15, 0.2) is 60.7 Å². The Hall–Kier alpha value is -3.62. The number of nitrogens with two attached hydrogens (primary N) is 1. The Bertz CT molecular complexity index is 1340. The molecule has 3 aliphatic rings. The minimum Gasteiger partial charge on any atom is -0.390 e. The summed E-state index contributed by atoms with van der Waals surface area (Å²) in [6, 6.07) is 20.2. The summed E-state index contributed by atoms with van der Waals surface area (Å²) in [5, 5.41) is 21.3. The van der Waals surface area contributed by atoms with Crippen LogP contribution in [0.25, 0.3) is 22.4 Å². The van der Waals surface area contributed by atoms with E-state index in [2.05, 4.69) is 22.4 Å². The van der Waals surface area contributed by atoms with E-state index in [1.54, 1.807) is 4.90 Å². The third-order valence-corrected chi connectivity index (χ3v) is 8.49. The highest BCUT2D eigenvalue weighted by atomic mass is 16.3. The van der Waals surface area contributed by atoms with E-state index < -0.39 is 11.1 Å². The summed E-state index contributed by atoms with van der Waals surface area (Å²) >= 11 is 0. The Morgan fingerprint density at radius 1 is 0.977 bits per heavy atom. The number of benzene rings is 2. The number of carbonyl (C=O) groups is 2. The number of nitrogens with one attached hydrogen (secondary N) is 1. The first-order chi connectivity index (χ1) is 20.5. The largest absolute Gasteiger partial charge is 0.390 e. The van der Waals surface area contributed by atoms with Crippen molar-refractivity contribution in [1.29, 1.82) is 0 Å². The lowest BCUT2D eigenvalue weighted by molar-refractivity contribution is -0.119. The summed E-state index contributed by atoms with van der Waals surface area (Å²) in [7, 11) is 1.88. The second-order valence-electron chi connectivity index (χ2n) is 12.9. The van der Waals surface area contributed by atoms with Gasteiger partial charge in [-0.1, -0.05) is 93.6 Å². The predicted octanol–water partition coefficient (Wildman–Crippen LogP) is 6.29. The van der Waals surface area contributed by atoms with Gasteiger partial charge < -0.3 is 21.1 Å². The highest BCUT2D eigenvalue weighted by Crippen LogP contribution is 2.46. The number of anilines is 1. The van der Waals surface area contributed by atoms with Crippen molar-refractivity contribution in [2.75, 3.05) is 12.4 Å². The van der Waals surface area contributed by atoms with Gasteiger partial charge in [0.1, 0.15) is 5.69 Å². The minimum absolute atomic E-state index is 0.194. The van der Waals surface area contributed by atoms with Crippen molar-refractivity contribution in [3.63, 3.8) is 0 Å². The second-order valence-corrected chi connectivity index (χ2v) is 12.9. The van der Waals surface area contributed by atoms with Gasteiger partial charge in [0, 0.05) is 36.7 Å². The van der Waals surface area contributed by atoms with Crippen molar-refractivity contribution in [3.8, 4) is 22.4 Å². The van der Waals surface area contributed by atoms with Crippen molar-refractivity contribution in [2.45, 2.75) is 95.7 Å². The van der Waals surface area contributed by atoms with Crippen LogP contribution in [0, 0.1) is 5.92 Å². The van der Waals surface area contributed by atoms with Gasteiger partial charge >= 0.3 is 0 Å². The molecule has 2 aromatic carbocycles. The lowest BCUT2D eigenvalue weighted by Gasteiger charge is -2.49. The highest BCUT2D eigenvalue weighted by Gasteiger charge is 2.49. The molecule has 0 unspecified atom stereocenters. The van der Waals surface area contributed by atoms with Crippen LogP contribution in [0.5, 0.6) is 0 Å². The Labute approximate surface area is 256 Å². The average molecular weight is 586 g/mol. The number of nitrogens with zero attached hydrogens (tertiary/aromatic N) is 3. The maximum Gasteiger partial charge on any atom is 0.222 e. The number of hydrogen-bond acceptors (Lipinski definition) is 6. The number of aliphatic hydroxyl groups is 1. The Kier molecular flexibility index (Phi) is 10.7. The average Bonchev–Trinajstić information content (AvgIpc) is 3.79. The van der Waals surface area contributed by atoms with Crippen molar-refractivity contribution >= 4 is 18.1 Å². The summed E-state index contributed by atoms with van der Waals surface area (Å²) in [6.45, 7) is 5.53. The molecule has 8 heteroatoms. The molecule has 3 aliphatic carbocycles. The molecule has 43 heavy (non-hydrogen) atoms. The van der Waals surface area contributed by atoms with E-state index in [1.807, 2.05) is 74.6 Å². The fraction of sp³-hybridized carbons (Fsp3) is 0.486. The third kappa shape index (κ3) is 9.18. The fourth-order valence-electron chi connectivity index (χ4n) is 5.90. The van der Waals surface area contributed by atoms with Gasteiger partial charge in [0.05, 0.1) is 5.60 Å². The topological polar surface area (TPSA) is 121 Å². The molecule has 0 atom stereocenters. The number of rotatable bonds is 6. The fourth-order valence-corrected chi connectivity index (χ4v) is 5.90. The summed E-state index contributed by atoms with van der Waals surface area (Å²) in [6.07, 6.45) is 11.3. The molecule has 3 saturated carbocycles. The molecule has 0 aliphatic heterocycles. The van der Waals surface area contributed by atoms with Crippen molar-refractivity contribution in [3.05, 3.63) is 66.2 Å². The molecular formula is C35H47N5O3. The van der Waals surface area contributed by atoms with Crippen LogP contribution in [0.3, 0.4) is 0 Å². The third-order valence-electron chi connectivity index (χ3n) is 8.49. The number of amides is 2. The number of aromatic nitrogens is 2. The lowest BCUT2D eigenvalue weighted by Crippen LogP contribution is -2.58. The van der Waals surface area contributed by atoms with Crippen LogP contribution in [-0.4, -0.2) is 51.2 Å². The highest BCUT2D eigenvalue weighted by molar-refractivity contribution is 5.90. The maximum absolute atomic E-state index is 11.4. The van der Waals surface area contributed by atoms with Gasteiger partial charge in [-0.3, -0.25) is 9.59 Å². The molecule has 3 fully saturated rings. The normalized spacial score (nSPS) is 22.9. The summed E-state index contributed by atoms with van der Waals surface area (Å²) in [5.41, 5.74) is 9.75. The zero-order valence-electron chi connectivity index (χ0n) is 26.1. The number of hydrogen-bond donors (Lipinski definition) is 3. The number of carbonyl (C=O) groups excluding carboxylic acids is 2. The van der Waals surface area contributed by atoms with E-state index in [4.69, 9.17) is 5.73 Å². The van der Waals surface area contributed by atoms with Gasteiger partial charge in [-0.2, -0.15) is 0 Å². The van der Waals surface area contributed by atoms with E-state index in [0.29, 0.717) is 24.7 Å². The standard InChI is InChI=1S/C23H24N4O2.C8H15NO.C4H8/c1-15(28)25-20-12-19(16-6-4-3-5-7-16)21(27-26-20)17-8-10-18(11-9-17)23(24)13-22(2,29)14-23;1-9(7-10)8-5-3-2-4-6-8;1-4-2-3-4/h3-12,29H,13-14,24H2,1-2H3,(H,25,26,28);7-8H,2-6H2,1H3;4H,2-3H2,1H3. The molecule has 3 aromatic rings. The first-order valence-corrected chi connectivity index (χ1v) is 15.5. The van der Waals surface area contributed by atoms with Crippen LogP contribution in [-0.2, 0) is 15.1 Å². The van der Waals surface area contributed by atoms with Gasteiger partial charge in [-0.25, -0.2) is 0 Å². The van der Waals surface area contributed by atoms with Crippen LogP contribution >= 0.6 is 0 Å². The molecule has 8 nitrogen and oxygen atoms in total. The zero-order valence-corrected chi connectivity index (χ0v) is 26.1. The Morgan fingerprint density at radius 3 is 2.09 bits per heavy atom. The van der Waals surface area contributed by atoms with Crippen LogP contribution < -0.4 is 11.1 Å². The van der Waals surface area contributed by atoms with Gasteiger partial charge in [-0.05, 0) is 55.7 Å². The predicted molar refractivity (Wildman–Crippen MR) is 172 cm³/mol.